The molecule has 3 nitrogen and oxygen atoms in total. The van der Waals surface area contributed by atoms with Crippen LogP contribution in [-0.4, -0.2) is 16.5 Å². The summed E-state index contributed by atoms with van der Waals surface area (Å²) < 4.78 is 0. The molecule has 3 rings (SSSR count). The Morgan fingerprint density at radius 1 is 1.38 bits per heavy atom. The third-order valence-electron chi connectivity index (χ3n) is 4.38. The molecule has 0 radical (unpaired) electrons. The van der Waals surface area contributed by atoms with Gasteiger partial charge in [0.05, 0.1) is 5.39 Å². The zero-order valence-corrected chi connectivity index (χ0v) is 14.2. The molecule has 2 aromatic heterocycles. The fourth-order valence-electron chi connectivity index (χ4n) is 3.37. The van der Waals surface area contributed by atoms with E-state index in [4.69, 9.17) is 11.6 Å². The normalized spacial score (nSPS) is 22.6. The number of hydrogen-bond acceptors (Lipinski definition) is 4. The number of rotatable bonds is 4. The summed E-state index contributed by atoms with van der Waals surface area (Å²) in [7, 11) is 0. The van der Waals surface area contributed by atoms with Gasteiger partial charge in [-0.15, -0.1) is 11.3 Å². The molecule has 5 heteroatoms. The van der Waals surface area contributed by atoms with Crippen LogP contribution in [0.3, 0.4) is 0 Å². The van der Waals surface area contributed by atoms with E-state index in [9.17, 15) is 0 Å². The van der Waals surface area contributed by atoms with Gasteiger partial charge in [0, 0.05) is 11.4 Å². The second-order valence-corrected chi connectivity index (χ2v) is 7.84. The number of nitrogens with one attached hydrogen (secondary N) is 1. The lowest BCUT2D eigenvalue weighted by Crippen LogP contribution is -2.17. The molecule has 2 unspecified atom stereocenters. The molecule has 2 atom stereocenters. The first-order valence-corrected chi connectivity index (χ1v) is 8.99. The Morgan fingerprint density at radius 2 is 2.24 bits per heavy atom. The monoisotopic (exact) mass is 323 g/mol. The van der Waals surface area contributed by atoms with Crippen LogP contribution in [0.15, 0.2) is 6.07 Å². The quantitative estimate of drug-likeness (QED) is 0.778. The first-order valence-electron chi connectivity index (χ1n) is 7.79. The van der Waals surface area contributed by atoms with Crippen molar-refractivity contribution in [1.82, 2.24) is 9.97 Å². The number of fused-ring (bicyclic) bond motifs is 1. The van der Waals surface area contributed by atoms with Crippen LogP contribution in [0.1, 0.15) is 43.9 Å². The fraction of sp³-hybridized carbons (Fsp3) is 0.625. The second-order valence-electron chi connectivity index (χ2n) is 6.27. The van der Waals surface area contributed by atoms with E-state index < -0.39 is 0 Å². The van der Waals surface area contributed by atoms with Gasteiger partial charge in [0.1, 0.15) is 10.6 Å². The van der Waals surface area contributed by atoms with Gasteiger partial charge in [-0.25, -0.2) is 9.97 Å². The highest BCUT2D eigenvalue weighted by Gasteiger charge is 2.18. The molecule has 0 aliphatic heterocycles. The molecule has 1 saturated carbocycles. The summed E-state index contributed by atoms with van der Waals surface area (Å²) in [5.74, 6) is 2.64. The van der Waals surface area contributed by atoms with Crippen molar-refractivity contribution in [1.29, 1.82) is 0 Å². The van der Waals surface area contributed by atoms with E-state index in [0.717, 1.165) is 34.4 Å². The number of aryl methyl sites for hydroxylation is 1. The Kier molecular flexibility index (Phi) is 4.65. The average molecular weight is 324 g/mol. The number of anilines is 1. The Balaban J connectivity index is 1.65. The molecule has 1 aliphatic rings. The molecule has 1 fully saturated rings. The van der Waals surface area contributed by atoms with Gasteiger partial charge < -0.3 is 5.32 Å². The largest absolute Gasteiger partial charge is 0.369 e. The summed E-state index contributed by atoms with van der Waals surface area (Å²) in [6.07, 6.45) is 6.76. The number of hydrogen-bond donors (Lipinski definition) is 1. The topological polar surface area (TPSA) is 37.8 Å². The van der Waals surface area contributed by atoms with Crippen LogP contribution in [0, 0.1) is 18.8 Å². The SMILES string of the molecule is Cc1cc2c(NCCC3CCCC(C)C3)nc(Cl)nc2s1. The van der Waals surface area contributed by atoms with E-state index in [1.807, 2.05) is 0 Å². The van der Waals surface area contributed by atoms with Crippen LogP contribution in [-0.2, 0) is 0 Å². The fourth-order valence-corrected chi connectivity index (χ4v) is 4.47. The summed E-state index contributed by atoms with van der Waals surface area (Å²) in [6, 6.07) is 2.14. The predicted molar refractivity (Wildman–Crippen MR) is 91.4 cm³/mol. The Labute approximate surface area is 135 Å². The third kappa shape index (κ3) is 3.67. The van der Waals surface area contributed by atoms with Gasteiger partial charge in [0.25, 0.3) is 0 Å². The van der Waals surface area contributed by atoms with Gasteiger partial charge in [-0.3, -0.25) is 0 Å². The van der Waals surface area contributed by atoms with Crippen molar-refractivity contribution in [2.45, 2.75) is 46.0 Å². The lowest BCUT2D eigenvalue weighted by Gasteiger charge is -2.26. The minimum absolute atomic E-state index is 0.332. The zero-order valence-electron chi connectivity index (χ0n) is 12.7. The summed E-state index contributed by atoms with van der Waals surface area (Å²) in [5, 5.41) is 4.90. The first kappa shape index (κ1) is 15.0. The highest BCUT2D eigenvalue weighted by molar-refractivity contribution is 7.18. The lowest BCUT2D eigenvalue weighted by atomic mass is 9.81. The van der Waals surface area contributed by atoms with E-state index in [1.165, 1.54) is 37.0 Å². The van der Waals surface area contributed by atoms with Crippen molar-refractivity contribution < 1.29 is 0 Å². The lowest BCUT2D eigenvalue weighted by molar-refractivity contribution is 0.274. The minimum atomic E-state index is 0.332. The molecule has 0 spiro atoms. The molecule has 0 aromatic carbocycles. The van der Waals surface area contributed by atoms with Crippen LogP contribution < -0.4 is 5.32 Å². The Hall–Kier alpha value is -0.870. The summed E-state index contributed by atoms with van der Waals surface area (Å²) in [6.45, 7) is 5.43. The van der Waals surface area contributed by atoms with Gasteiger partial charge in [0.15, 0.2) is 0 Å². The van der Waals surface area contributed by atoms with Crippen LogP contribution in [0.25, 0.3) is 10.2 Å². The number of thiophene rings is 1. The third-order valence-corrected chi connectivity index (χ3v) is 5.49. The van der Waals surface area contributed by atoms with E-state index in [2.05, 4.69) is 35.2 Å². The Bertz CT molecular complexity index is 625. The molecule has 2 aromatic rings. The summed E-state index contributed by atoms with van der Waals surface area (Å²) in [5.41, 5.74) is 0. The molecule has 1 aliphatic carbocycles. The van der Waals surface area contributed by atoms with E-state index in [-0.39, 0.29) is 0 Å². The van der Waals surface area contributed by atoms with Crippen molar-refractivity contribution >= 4 is 39.0 Å². The van der Waals surface area contributed by atoms with Gasteiger partial charge >= 0.3 is 0 Å². The molecule has 1 N–H and O–H groups in total. The smallest absolute Gasteiger partial charge is 0.225 e. The number of nitrogens with zero attached hydrogens (tertiary/aromatic N) is 2. The molecular weight excluding hydrogens is 302 g/mol. The van der Waals surface area contributed by atoms with Crippen molar-refractivity contribution in [2.24, 2.45) is 11.8 Å². The molecule has 21 heavy (non-hydrogen) atoms. The van der Waals surface area contributed by atoms with Crippen LogP contribution in [0.2, 0.25) is 5.28 Å². The molecule has 0 bridgehead atoms. The van der Waals surface area contributed by atoms with Crippen LogP contribution >= 0.6 is 22.9 Å². The molecule has 0 amide bonds. The minimum Gasteiger partial charge on any atom is -0.369 e. The Morgan fingerprint density at radius 3 is 3.05 bits per heavy atom. The van der Waals surface area contributed by atoms with Crippen molar-refractivity contribution in [3.05, 3.63) is 16.2 Å². The molecular formula is C16H22ClN3S. The maximum absolute atomic E-state index is 6.02. The highest BCUT2D eigenvalue weighted by atomic mass is 35.5. The average Bonchev–Trinajstić information content (AvgIpc) is 2.79. The summed E-state index contributed by atoms with van der Waals surface area (Å²) in [4.78, 5) is 10.9. The number of halogens is 1. The first-order chi connectivity index (χ1) is 10.1. The summed E-state index contributed by atoms with van der Waals surface area (Å²) >= 11 is 7.69. The molecule has 114 valence electrons. The molecule has 2 heterocycles. The zero-order chi connectivity index (χ0) is 14.8. The van der Waals surface area contributed by atoms with Crippen molar-refractivity contribution in [3.8, 4) is 0 Å². The van der Waals surface area contributed by atoms with Gasteiger partial charge in [0.2, 0.25) is 5.28 Å². The van der Waals surface area contributed by atoms with Crippen LogP contribution in [0.4, 0.5) is 5.82 Å². The predicted octanol–water partition coefficient (Wildman–Crippen LogP) is 5.28. The molecule has 0 saturated heterocycles. The highest BCUT2D eigenvalue weighted by Crippen LogP contribution is 2.32. The van der Waals surface area contributed by atoms with Gasteiger partial charge in [-0.05, 0) is 49.3 Å². The van der Waals surface area contributed by atoms with E-state index in [0.29, 0.717) is 5.28 Å². The van der Waals surface area contributed by atoms with Crippen LogP contribution in [0.5, 0.6) is 0 Å². The van der Waals surface area contributed by atoms with Gasteiger partial charge in [-0.2, -0.15) is 0 Å². The van der Waals surface area contributed by atoms with Crippen molar-refractivity contribution in [2.75, 3.05) is 11.9 Å². The van der Waals surface area contributed by atoms with Crippen molar-refractivity contribution in [3.63, 3.8) is 0 Å². The van der Waals surface area contributed by atoms with E-state index in [1.54, 1.807) is 11.3 Å². The maximum Gasteiger partial charge on any atom is 0.225 e. The standard InChI is InChI=1S/C16H22ClN3S/c1-10-4-3-5-12(8-10)6-7-18-14-13-9-11(2)21-15(13)20-16(17)19-14/h9-10,12H,3-8H2,1-2H3,(H,18,19,20). The number of aromatic nitrogens is 2. The maximum atomic E-state index is 6.02. The second kappa shape index (κ2) is 6.49. The van der Waals surface area contributed by atoms with Gasteiger partial charge in [-0.1, -0.05) is 26.2 Å². The van der Waals surface area contributed by atoms with E-state index >= 15 is 0 Å².